The second-order valence-electron chi connectivity index (χ2n) is 5.25. The van der Waals surface area contributed by atoms with Crippen molar-refractivity contribution in [3.8, 4) is 0 Å². The Hall–Kier alpha value is -1.02. The van der Waals surface area contributed by atoms with Crippen LogP contribution in [0.3, 0.4) is 0 Å². The van der Waals surface area contributed by atoms with Gasteiger partial charge in [0.05, 0.1) is 11.9 Å². The number of hydrogen-bond donors (Lipinski definition) is 1. The highest BCUT2D eigenvalue weighted by molar-refractivity contribution is 7.88. The largest absolute Gasteiger partial charge is 0.385 e. The van der Waals surface area contributed by atoms with Crippen LogP contribution in [0.25, 0.3) is 0 Å². The maximum Gasteiger partial charge on any atom is 0.211 e. The summed E-state index contributed by atoms with van der Waals surface area (Å²) in [7, 11) is -3.15. The van der Waals surface area contributed by atoms with E-state index < -0.39 is 16.1 Å². The minimum Gasteiger partial charge on any atom is -0.385 e. The molecule has 0 saturated carbocycles. The number of rotatable bonds is 4. The SMILES string of the molecule is CC1CN(CC(O)c2ccccn2)CCN1S(C)(=O)=O. The van der Waals surface area contributed by atoms with Crippen LogP contribution in [0, 0.1) is 0 Å². The molecule has 0 amide bonds. The zero-order valence-electron chi connectivity index (χ0n) is 11.8. The predicted octanol–water partition coefficient (Wildman–Crippen LogP) is 0.0807. The van der Waals surface area contributed by atoms with Crippen molar-refractivity contribution in [1.29, 1.82) is 0 Å². The molecule has 2 heterocycles. The topological polar surface area (TPSA) is 73.7 Å². The molecular weight excluding hydrogens is 278 g/mol. The Labute approximate surface area is 120 Å². The molecule has 7 heteroatoms. The lowest BCUT2D eigenvalue weighted by atomic mass is 10.1. The fraction of sp³-hybridized carbons (Fsp3) is 0.615. The van der Waals surface area contributed by atoms with Crippen LogP contribution in [-0.2, 0) is 10.0 Å². The zero-order chi connectivity index (χ0) is 14.8. The molecule has 1 aliphatic rings. The van der Waals surface area contributed by atoms with Crippen LogP contribution in [0.1, 0.15) is 18.7 Å². The molecule has 2 rings (SSSR count). The number of β-amino-alcohol motifs (C(OH)–C–C–N with tert-alkyl or cyclic N) is 1. The van der Waals surface area contributed by atoms with Crippen molar-refractivity contribution in [2.24, 2.45) is 0 Å². The van der Waals surface area contributed by atoms with Crippen molar-refractivity contribution in [3.63, 3.8) is 0 Å². The number of sulfonamides is 1. The van der Waals surface area contributed by atoms with E-state index in [4.69, 9.17) is 0 Å². The third kappa shape index (κ3) is 3.76. The lowest BCUT2D eigenvalue weighted by Crippen LogP contribution is -2.54. The van der Waals surface area contributed by atoms with Gasteiger partial charge in [0, 0.05) is 38.4 Å². The van der Waals surface area contributed by atoms with Gasteiger partial charge in [0.15, 0.2) is 0 Å². The van der Waals surface area contributed by atoms with Gasteiger partial charge < -0.3 is 5.11 Å². The van der Waals surface area contributed by atoms with Gasteiger partial charge in [-0.2, -0.15) is 4.31 Å². The first-order valence-corrected chi connectivity index (χ1v) is 8.51. The van der Waals surface area contributed by atoms with Gasteiger partial charge in [-0.15, -0.1) is 0 Å². The third-order valence-electron chi connectivity index (χ3n) is 3.54. The fourth-order valence-corrected chi connectivity index (χ4v) is 3.72. The van der Waals surface area contributed by atoms with Crippen LogP contribution < -0.4 is 0 Å². The first kappa shape index (κ1) is 15.4. The average Bonchev–Trinajstić information content (AvgIpc) is 2.38. The van der Waals surface area contributed by atoms with Crippen molar-refractivity contribution in [3.05, 3.63) is 30.1 Å². The van der Waals surface area contributed by atoms with Crippen LogP contribution in [0.5, 0.6) is 0 Å². The molecule has 1 aliphatic heterocycles. The lowest BCUT2D eigenvalue weighted by molar-refractivity contribution is 0.0732. The molecule has 1 N–H and O–H groups in total. The number of aliphatic hydroxyl groups excluding tert-OH is 1. The predicted molar refractivity (Wildman–Crippen MR) is 76.6 cm³/mol. The smallest absolute Gasteiger partial charge is 0.211 e. The van der Waals surface area contributed by atoms with Gasteiger partial charge in [-0.05, 0) is 19.1 Å². The highest BCUT2D eigenvalue weighted by Crippen LogP contribution is 2.17. The summed E-state index contributed by atoms with van der Waals surface area (Å²) in [5, 5.41) is 10.1. The molecule has 2 atom stereocenters. The zero-order valence-corrected chi connectivity index (χ0v) is 12.6. The number of aliphatic hydroxyl groups is 1. The molecule has 6 nitrogen and oxygen atoms in total. The first-order valence-electron chi connectivity index (χ1n) is 6.66. The van der Waals surface area contributed by atoms with E-state index in [0.29, 0.717) is 31.9 Å². The minimum atomic E-state index is -3.15. The summed E-state index contributed by atoms with van der Waals surface area (Å²) in [5.41, 5.74) is 0.644. The maximum atomic E-state index is 11.6. The summed E-state index contributed by atoms with van der Waals surface area (Å²) in [6.07, 6.45) is 2.25. The molecular formula is C13H21N3O3S. The average molecular weight is 299 g/mol. The quantitative estimate of drug-likeness (QED) is 0.852. The van der Waals surface area contributed by atoms with E-state index in [1.165, 1.54) is 10.6 Å². The number of nitrogens with zero attached hydrogens (tertiary/aromatic N) is 3. The summed E-state index contributed by atoms with van der Waals surface area (Å²) in [6, 6.07) is 5.37. The van der Waals surface area contributed by atoms with Gasteiger partial charge in [-0.25, -0.2) is 8.42 Å². The lowest BCUT2D eigenvalue weighted by Gasteiger charge is -2.38. The highest BCUT2D eigenvalue weighted by atomic mass is 32.2. The van der Waals surface area contributed by atoms with Gasteiger partial charge in [0.1, 0.15) is 6.10 Å². The number of hydrogen-bond acceptors (Lipinski definition) is 5. The van der Waals surface area contributed by atoms with E-state index in [-0.39, 0.29) is 6.04 Å². The van der Waals surface area contributed by atoms with Gasteiger partial charge in [0.2, 0.25) is 10.0 Å². The van der Waals surface area contributed by atoms with E-state index in [9.17, 15) is 13.5 Å². The molecule has 1 saturated heterocycles. The summed E-state index contributed by atoms with van der Waals surface area (Å²) in [5.74, 6) is 0. The summed E-state index contributed by atoms with van der Waals surface area (Å²) >= 11 is 0. The summed E-state index contributed by atoms with van der Waals surface area (Å²) < 4.78 is 24.7. The van der Waals surface area contributed by atoms with E-state index in [1.807, 2.05) is 19.1 Å². The van der Waals surface area contributed by atoms with E-state index in [1.54, 1.807) is 12.3 Å². The molecule has 1 aromatic rings. The van der Waals surface area contributed by atoms with Crippen molar-refractivity contribution in [2.45, 2.75) is 19.1 Å². The fourth-order valence-electron chi connectivity index (χ4n) is 2.59. The monoisotopic (exact) mass is 299 g/mol. The Kier molecular flexibility index (Phi) is 4.74. The van der Waals surface area contributed by atoms with Crippen molar-refractivity contribution in [1.82, 2.24) is 14.2 Å². The second-order valence-corrected chi connectivity index (χ2v) is 7.19. The van der Waals surface area contributed by atoms with Gasteiger partial charge >= 0.3 is 0 Å². The Balaban J connectivity index is 1.94. The molecule has 112 valence electrons. The van der Waals surface area contributed by atoms with E-state index >= 15 is 0 Å². The highest BCUT2D eigenvalue weighted by Gasteiger charge is 2.30. The number of aromatic nitrogens is 1. The molecule has 2 unspecified atom stereocenters. The molecule has 0 spiro atoms. The number of piperazine rings is 1. The normalized spacial score (nSPS) is 23.6. The molecule has 0 bridgehead atoms. The first-order chi connectivity index (χ1) is 9.38. The molecule has 20 heavy (non-hydrogen) atoms. The van der Waals surface area contributed by atoms with Crippen LogP contribution in [0.2, 0.25) is 0 Å². The Morgan fingerprint density at radius 1 is 1.45 bits per heavy atom. The number of pyridine rings is 1. The van der Waals surface area contributed by atoms with Crippen molar-refractivity contribution in [2.75, 3.05) is 32.4 Å². The van der Waals surface area contributed by atoms with Gasteiger partial charge in [0.25, 0.3) is 0 Å². The van der Waals surface area contributed by atoms with Crippen LogP contribution >= 0.6 is 0 Å². The second kappa shape index (κ2) is 6.17. The van der Waals surface area contributed by atoms with E-state index in [2.05, 4.69) is 9.88 Å². The third-order valence-corrected chi connectivity index (χ3v) is 4.93. The van der Waals surface area contributed by atoms with Crippen LogP contribution in [0.4, 0.5) is 0 Å². The Bertz CT molecular complexity index is 535. The molecule has 1 aromatic heterocycles. The van der Waals surface area contributed by atoms with Crippen molar-refractivity contribution >= 4 is 10.0 Å². The molecule has 0 aliphatic carbocycles. The minimum absolute atomic E-state index is 0.0744. The summed E-state index contributed by atoms with van der Waals surface area (Å²) in [6.45, 7) is 4.08. The van der Waals surface area contributed by atoms with Gasteiger partial charge in [-0.3, -0.25) is 9.88 Å². The maximum absolute atomic E-state index is 11.6. The van der Waals surface area contributed by atoms with Crippen LogP contribution in [0.15, 0.2) is 24.4 Å². The Morgan fingerprint density at radius 3 is 2.75 bits per heavy atom. The van der Waals surface area contributed by atoms with Crippen molar-refractivity contribution < 1.29 is 13.5 Å². The van der Waals surface area contributed by atoms with E-state index in [0.717, 1.165) is 0 Å². The summed E-state index contributed by atoms with van der Waals surface area (Å²) in [4.78, 5) is 6.21. The Morgan fingerprint density at radius 2 is 2.20 bits per heavy atom. The van der Waals surface area contributed by atoms with Crippen LogP contribution in [-0.4, -0.2) is 66.2 Å². The molecule has 1 fully saturated rings. The molecule has 0 aromatic carbocycles. The van der Waals surface area contributed by atoms with Gasteiger partial charge in [-0.1, -0.05) is 6.07 Å². The standard InChI is InChI=1S/C13H21N3O3S/c1-11-9-15(7-8-16(11)20(2,18)19)10-13(17)12-5-3-4-6-14-12/h3-6,11,13,17H,7-10H2,1-2H3. The molecule has 0 radical (unpaired) electrons.